The molecule has 4 unspecified atom stereocenters. The van der Waals surface area contributed by atoms with Crippen LogP contribution in [0.1, 0.15) is 119 Å². The highest BCUT2D eigenvalue weighted by Crippen LogP contribution is 2.51. The SMILES string of the molecule is CCC[C@H]1CC/C(=C/C=C2\CCCC(C)(C(C)C(C)CCCC(C)(C)O)C2C)C[C@H]1O.CO. The van der Waals surface area contributed by atoms with Gasteiger partial charge >= 0.3 is 0 Å². The van der Waals surface area contributed by atoms with Crippen molar-refractivity contribution in [3.05, 3.63) is 23.3 Å². The molecule has 2 fully saturated rings. The molecule has 33 heavy (non-hydrogen) atoms. The van der Waals surface area contributed by atoms with Crippen molar-refractivity contribution in [2.45, 2.75) is 131 Å². The van der Waals surface area contributed by atoms with Gasteiger partial charge in [-0.3, -0.25) is 0 Å². The monoisotopic (exact) mass is 464 g/mol. The summed E-state index contributed by atoms with van der Waals surface area (Å²) >= 11 is 0. The van der Waals surface area contributed by atoms with E-state index >= 15 is 0 Å². The Hall–Kier alpha value is -0.640. The molecule has 0 aliphatic heterocycles. The molecule has 3 N–H and O–H groups in total. The average molecular weight is 465 g/mol. The Morgan fingerprint density at radius 2 is 1.82 bits per heavy atom. The van der Waals surface area contributed by atoms with Gasteiger partial charge in [-0.15, -0.1) is 0 Å². The molecule has 194 valence electrons. The molecule has 0 aromatic heterocycles. The van der Waals surface area contributed by atoms with Crippen LogP contribution in [-0.4, -0.2) is 34.1 Å². The first-order valence-corrected chi connectivity index (χ1v) is 13.7. The Bertz CT molecular complexity index is 615. The Morgan fingerprint density at radius 1 is 1.15 bits per heavy atom. The van der Waals surface area contributed by atoms with E-state index in [1.807, 2.05) is 13.8 Å². The predicted octanol–water partition coefficient (Wildman–Crippen LogP) is 7.45. The molecule has 2 aliphatic rings. The molecule has 6 atom stereocenters. The molecular formula is C30H56O3. The van der Waals surface area contributed by atoms with Crippen molar-refractivity contribution in [2.24, 2.45) is 29.1 Å². The van der Waals surface area contributed by atoms with Crippen molar-refractivity contribution in [1.82, 2.24) is 0 Å². The molecule has 3 nitrogen and oxygen atoms in total. The number of hydrogen-bond donors (Lipinski definition) is 3. The van der Waals surface area contributed by atoms with E-state index in [1.54, 1.807) is 5.57 Å². The first-order chi connectivity index (χ1) is 15.5. The lowest BCUT2D eigenvalue weighted by Gasteiger charge is -2.48. The molecule has 0 radical (unpaired) electrons. The number of rotatable bonds is 9. The highest BCUT2D eigenvalue weighted by Gasteiger charge is 2.42. The molecule has 2 aliphatic carbocycles. The zero-order valence-corrected chi connectivity index (χ0v) is 23.2. The van der Waals surface area contributed by atoms with E-state index in [-0.39, 0.29) is 6.10 Å². The minimum atomic E-state index is -0.544. The van der Waals surface area contributed by atoms with E-state index in [9.17, 15) is 10.2 Å². The van der Waals surface area contributed by atoms with E-state index < -0.39 is 5.60 Å². The van der Waals surface area contributed by atoms with Crippen LogP contribution in [0.25, 0.3) is 0 Å². The molecule has 0 bridgehead atoms. The van der Waals surface area contributed by atoms with E-state index in [0.29, 0.717) is 29.1 Å². The normalized spacial score (nSPS) is 32.9. The summed E-state index contributed by atoms with van der Waals surface area (Å²) in [5.74, 6) is 2.46. The summed E-state index contributed by atoms with van der Waals surface area (Å²) in [6.45, 7) is 15.9. The first kappa shape index (κ1) is 30.4. The van der Waals surface area contributed by atoms with Crippen LogP contribution in [0, 0.1) is 29.1 Å². The lowest BCUT2D eigenvalue weighted by molar-refractivity contribution is 0.0470. The van der Waals surface area contributed by atoms with Gasteiger partial charge in [0.2, 0.25) is 0 Å². The van der Waals surface area contributed by atoms with Crippen LogP contribution in [0.3, 0.4) is 0 Å². The van der Waals surface area contributed by atoms with Crippen LogP contribution in [0.4, 0.5) is 0 Å². The number of aliphatic hydroxyl groups excluding tert-OH is 2. The highest BCUT2D eigenvalue weighted by molar-refractivity contribution is 5.24. The molecular weight excluding hydrogens is 408 g/mol. The van der Waals surface area contributed by atoms with Crippen LogP contribution in [-0.2, 0) is 0 Å². The smallest absolute Gasteiger partial charge is 0.0605 e. The van der Waals surface area contributed by atoms with Gasteiger partial charge in [0, 0.05) is 7.11 Å². The lowest BCUT2D eigenvalue weighted by atomic mass is 9.57. The highest BCUT2D eigenvalue weighted by atomic mass is 16.3. The van der Waals surface area contributed by atoms with Crippen molar-refractivity contribution in [2.75, 3.05) is 7.11 Å². The maximum absolute atomic E-state index is 10.5. The maximum Gasteiger partial charge on any atom is 0.0605 e. The average Bonchev–Trinajstić information content (AvgIpc) is 2.76. The number of aliphatic hydroxyl groups is 3. The summed E-state index contributed by atoms with van der Waals surface area (Å²) in [7, 11) is 1.00. The van der Waals surface area contributed by atoms with Gasteiger partial charge in [-0.25, -0.2) is 0 Å². The van der Waals surface area contributed by atoms with Crippen LogP contribution < -0.4 is 0 Å². The van der Waals surface area contributed by atoms with Gasteiger partial charge in [0.15, 0.2) is 0 Å². The molecule has 0 aromatic carbocycles. The predicted molar refractivity (Wildman–Crippen MR) is 142 cm³/mol. The van der Waals surface area contributed by atoms with E-state index in [2.05, 4.69) is 46.8 Å². The van der Waals surface area contributed by atoms with E-state index in [1.165, 1.54) is 37.7 Å². The summed E-state index contributed by atoms with van der Waals surface area (Å²) in [6.07, 6.45) is 17.2. The lowest BCUT2D eigenvalue weighted by Crippen LogP contribution is -2.39. The third-order valence-electron chi connectivity index (χ3n) is 9.11. The fraction of sp³-hybridized carbons (Fsp3) is 0.867. The zero-order valence-electron chi connectivity index (χ0n) is 23.2. The summed E-state index contributed by atoms with van der Waals surface area (Å²) in [5, 5.41) is 27.6. The van der Waals surface area contributed by atoms with Crippen molar-refractivity contribution in [1.29, 1.82) is 0 Å². The van der Waals surface area contributed by atoms with Gasteiger partial charge in [0.05, 0.1) is 11.7 Å². The van der Waals surface area contributed by atoms with Gasteiger partial charge in [-0.05, 0) is 94.3 Å². The molecule has 2 rings (SSSR count). The fourth-order valence-corrected chi connectivity index (χ4v) is 6.32. The number of hydrogen-bond acceptors (Lipinski definition) is 3. The van der Waals surface area contributed by atoms with Gasteiger partial charge in [0.1, 0.15) is 0 Å². The molecule has 0 saturated heterocycles. The maximum atomic E-state index is 10.5. The first-order valence-electron chi connectivity index (χ1n) is 13.7. The second kappa shape index (κ2) is 14.0. The Labute approximate surface area is 205 Å². The third kappa shape index (κ3) is 9.15. The summed E-state index contributed by atoms with van der Waals surface area (Å²) in [6, 6.07) is 0. The summed E-state index contributed by atoms with van der Waals surface area (Å²) in [4.78, 5) is 0. The molecule has 0 amide bonds. The van der Waals surface area contributed by atoms with Crippen molar-refractivity contribution < 1.29 is 15.3 Å². The van der Waals surface area contributed by atoms with Crippen LogP contribution in [0.5, 0.6) is 0 Å². The minimum absolute atomic E-state index is 0.142. The standard InChI is InChI=1S/C29H52O2.CH4O/c1-8-11-26-17-15-24(20-27(26)30)14-16-25-13-10-19-29(7,23(25)4)22(3)21(2)12-9-18-28(5,6)31;1-2/h14,16,21-23,26-27,30-31H,8-13,15,17-20H2,1-7H3;2H,1H3/b24-14-,25-16+;/t21?,22?,23?,26-,27+,29?;/m0./s1. The molecule has 0 spiro atoms. The van der Waals surface area contributed by atoms with Crippen molar-refractivity contribution in [3.63, 3.8) is 0 Å². The van der Waals surface area contributed by atoms with Gasteiger partial charge in [0.25, 0.3) is 0 Å². The van der Waals surface area contributed by atoms with E-state index in [0.717, 1.165) is 45.6 Å². The molecule has 3 heteroatoms. The quantitative estimate of drug-likeness (QED) is 0.332. The van der Waals surface area contributed by atoms with Crippen molar-refractivity contribution in [3.8, 4) is 0 Å². The Kier molecular flexibility index (Phi) is 12.9. The minimum Gasteiger partial charge on any atom is -0.400 e. The van der Waals surface area contributed by atoms with Crippen LogP contribution in [0.15, 0.2) is 23.3 Å². The molecule has 2 saturated carbocycles. The zero-order chi connectivity index (χ0) is 25.2. The second-order valence-electron chi connectivity index (χ2n) is 12.0. The van der Waals surface area contributed by atoms with Crippen LogP contribution >= 0.6 is 0 Å². The van der Waals surface area contributed by atoms with Gasteiger partial charge in [-0.2, -0.15) is 0 Å². The molecule has 0 aromatic rings. The van der Waals surface area contributed by atoms with Crippen molar-refractivity contribution >= 4 is 0 Å². The Balaban J connectivity index is 0.00000265. The van der Waals surface area contributed by atoms with Gasteiger partial charge < -0.3 is 15.3 Å². The van der Waals surface area contributed by atoms with E-state index in [4.69, 9.17) is 5.11 Å². The molecule has 0 heterocycles. The topological polar surface area (TPSA) is 60.7 Å². The number of allylic oxidation sites excluding steroid dienone is 3. The Morgan fingerprint density at radius 3 is 2.39 bits per heavy atom. The summed E-state index contributed by atoms with van der Waals surface area (Å²) in [5.41, 5.74) is 2.86. The van der Waals surface area contributed by atoms with Gasteiger partial charge in [-0.1, -0.05) is 77.2 Å². The fourth-order valence-electron chi connectivity index (χ4n) is 6.32. The summed E-state index contributed by atoms with van der Waals surface area (Å²) < 4.78 is 0. The second-order valence-corrected chi connectivity index (χ2v) is 12.0. The third-order valence-corrected chi connectivity index (χ3v) is 9.11. The largest absolute Gasteiger partial charge is 0.400 e. The van der Waals surface area contributed by atoms with Crippen LogP contribution in [0.2, 0.25) is 0 Å².